The number of hydrogen-bond donors (Lipinski definition) is 7. The number of carboxylic acids is 1. The van der Waals surface area contributed by atoms with Crippen LogP contribution < -0.4 is 42.2 Å². The molecule has 0 spiro atoms. The largest absolute Gasteiger partial charge is 0.481 e. The number of anilines is 3. The Morgan fingerprint density at radius 2 is 1.88 bits per heavy atom. The molecule has 0 saturated heterocycles. The van der Waals surface area contributed by atoms with E-state index >= 15 is 0 Å². The van der Waals surface area contributed by atoms with Crippen molar-refractivity contribution in [1.29, 1.82) is 5.41 Å². The van der Waals surface area contributed by atoms with E-state index in [1.165, 1.54) is 0 Å². The number of benzene rings is 2. The molecule has 0 saturated carbocycles. The molecule has 1 aliphatic heterocycles. The summed E-state index contributed by atoms with van der Waals surface area (Å²) in [6.45, 7) is 0. The fourth-order valence-electron chi connectivity index (χ4n) is 3.82. The predicted molar refractivity (Wildman–Crippen MR) is 149 cm³/mol. The zero-order valence-electron chi connectivity index (χ0n) is 21.6. The van der Waals surface area contributed by atoms with Crippen LogP contribution in [-0.4, -0.2) is 58.9 Å². The molecule has 0 fully saturated rings. The van der Waals surface area contributed by atoms with Crippen molar-refractivity contribution in [1.82, 2.24) is 9.97 Å². The second kappa shape index (κ2) is 11.4. The van der Waals surface area contributed by atoms with Crippen molar-refractivity contribution in [3.05, 3.63) is 48.0 Å². The first-order valence-electron chi connectivity index (χ1n) is 11.9. The number of nitrogens with two attached hydrogens (primary N) is 3. The van der Waals surface area contributed by atoms with Gasteiger partial charge in [0.2, 0.25) is 5.91 Å². The summed E-state index contributed by atoms with van der Waals surface area (Å²) in [4.78, 5) is 38.3. The molecule has 3 aromatic rings. The Morgan fingerprint density at radius 3 is 2.55 bits per heavy atom. The molecule has 1 amide bonds. The summed E-state index contributed by atoms with van der Waals surface area (Å²) in [5, 5.41) is 22.5. The van der Waals surface area contributed by atoms with E-state index in [0.717, 1.165) is 0 Å². The fraction of sp³-hybridized carbons (Fsp3) is 0.200. The van der Waals surface area contributed by atoms with Crippen molar-refractivity contribution in [2.75, 3.05) is 29.6 Å². The van der Waals surface area contributed by atoms with Crippen LogP contribution in [0.5, 0.6) is 23.4 Å². The van der Waals surface area contributed by atoms with Crippen molar-refractivity contribution in [2.45, 2.75) is 18.9 Å². The number of amides is 1. The molecule has 0 radical (unpaired) electrons. The third-order valence-electron chi connectivity index (χ3n) is 5.62. The number of aliphatic carboxylic acids is 1. The van der Waals surface area contributed by atoms with E-state index in [9.17, 15) is 9.59 Å². The second-order valence-corrected chi connectivity index (χ2v) is 8.88. The second-order valence-electron chi connectivity index (χ2n) is 8.88. The van der Waals surface area contributed by atoms with Crippen molar-refractivity contribution in [3.8, 4) is 23.4 Å². The molecule has 1 atom stereocenters. The van der Waals surface area contributed by atoms with E-state index in [1.807, 2.05) is 0 Å². The number of carboxylic acid groups (broad SMARTS) is 1. The van der Waals surface area contributed by atoms with Gasteiger partial charge in [0.15, 0.2) is 11.8 Å². The Hall–Kier alpha value is -5.60. The number of carbonyl (C=O) groups is 2. The topological polar surface area (TPSA) is 240 Å². The van der Waals surface area contributed by atoms with Gasteiger partial charge < -0.3 is 47.3 Å². The number of carbonyl (C=O) groups excluding carboxylic acids is 1. The average Bonchev–Trinajstić information content (AvgIpc) is 2.87. The highest BCUT2D eigenvalue weighted by Crippen LogP contribution is 2.39. The molecule has 208 valence electrons. The molecule has 40 heavy (non-hydrogen) atoms. The molecular formula is C25H28N10O5. The van der Waals surface area contributed by atoms with Crippen LogP contribution in [0.1, 0.15) is 18.4 Å². The third-order valence-corrected chi connectivity index (χ3v) is 5.62. The maximum atomic E-state index is 12.8. The number of guanidine groups is 1. The van der Waals surface area contributed by atoms with Gasteiger partial charge in [0.1, 0.15) is 29.1 Å². The Balaban J connectivity index is 1.74. The number of nitrogen functional groups attached to an aromatic ring is 1. The van der Waals surface area contributed by atoms with Crippen LogP contribution in [0, 0.1) is 5.41 Å². The lowest BCUT2D eigenvalue weighted by Gasteiger charge is -2.27. The molecule has 4 rings (SSSR count). The minimum Gasteiger partial charge on any atom is -0.481 e. The SMILES string of the molecule is CN(C)c1cc(Oc2nc(Oc3cccc(N=C(N)N)c3)nc3c2NC(=O)C(CCC(=O)O)N3)ccc1C(=N)N. The van der Waals surface area contributed by atoms with Crippen LogP contribution in [0.4, 0.5) is 22.9 Å². The summed E-state index contributed by atoms with van der Waals surface area (Å²) in [5.41, 5.74) is 18.3. The Kier molecular flexibility index (Phi) is 7.84. The first-order valence-corrected chi connectivity index (χ1v) is 11.9. The van der Waals surface area contributed by atoms with Crippen molar-refractivity contribution in [3.63, 3.8) is 0 Å². The molecule has 1 unspecified atom stereocenters. The van der Waals surface area contributed by atoms with Crippen LogP contribution in [0.2, 0.25) is 0 Å². The van der Waals surface area contributed by atoms with E-state index in [-0.39, 0.29) is 48.0 Å². The van der Waals surface area contributed by atoms with Crippen LogP contribution in [0.15, 0.2) is 47.5 Å². The van der Waals surface area contributed by atoms with E-state index in [0.29, 0.717) is 28.4 Å². The smallest absolute Gasteiger partial charge is 0.327 e. The van der Waals surface area contributed by atoms with Gasteiger partial charge in [-0.05, 0) is 30.7 Å². The normalized spacial score (nSPS) is 13.8. The summed E-state index contributed by atoms with van der Waals surface area (Å²) in [5.74, 6) is -0.977. The Labute approximate surface area is 228 Å². The number of fused-ring (bicyclic) bond motifs is 1. The number of ether oxygens (including phenoxy) is 2. The minimum atomic E-state index is -1.04. The number of aliphatic imine (C=N–C) groups is 1. The lowest BCUT2D eigenvalue weighted by Crippen LogP contribution is -2.39. The van der Waals surface area contributed by atoms with Crippen molar-refractivity contribution < 1.29 is 24.2 Å². The van der Waals surface area contributed by atoms with Crippen LogP contribution in [0.25, 0.3) is 0 Å². The molecule has 0 aliphatic carbocycles. The monoisotopic (exact) mass is 548 g/mol. The molecular weight excluding hydrogens is 520 g/mol. The van der Waals surface area contributed by atoms with Gasteiger partial charge in [0.25, 0.3) is 5.88 Å². The molecule has 15 nitrogen and oxygen atoms in total. The fourth-order valence-corrected chi connectivity index (χ4v) is 3.82. The minimum absolute atomic E-state index is 0.0241. The van der Waals surface area contributed by atoms with Crippen molar-refractivity contribution in [2.24, 2.45) is 22.2 Å². The number of rotatable bonds is 10. The van der Waals surface area contributed by atoms with Gasteiger partial charge in [-0.2, -0.15) is 9.97 Å². The van der Waals surface area contributed by atoms with Gasteiger partial charge in [-0.15, -0.1) is 0 Å². The quantitative estimate of drug-likeness (QED) is 0.142. The van der Waals surface area contributed by atoms with Crippen LogP contribution in [0.3, 0.4) is 0 Å². The van der Waals surface area contributed by atoms with Crippen molar-refractivity contribution >= 4 is 46.6 Å². The summed E-state index contributed by atoms with van der Waals surface area (Å²) in [6.07, 6.45) is -0.206. The zero-order valence-corrected chi connectivity index (χ0v) is 21.6. The van der Waals surface area contributed by atoms with E-state index in [1.54, 1.807) is 61.5 Å². The Morgan fingerprint density at radius 1 is 1.12 bits per heavy atom. The predicted octanol–water partition coefficient (Wildman–Crippen LogP) is 1.91. The zero-order chi connectivity index (χ0) is 29.0. The maximum Gasteiger partial charge on any atom is 0.327 e. The number of nitrogens with one attached hydrogen (secondary N) is 3. The summed E-state index contributed by atoms with van der Waals surface area (Å²) in [6, 6.07) is 10.5. The molecule has 2 heterocycles. The summed E-state index contributed by atoms with van der Waals surface area (Å²) < 4.78 is 11.9. The lowest BCUT2D eigenvalue weighted by molar-refractivity contribution is -0.137. The first kappa shape index (κ1) is 27.4. The molecule has 0 bridgehead atoms. The molecule has 1 aromatic heterocycles. The first-order chi connectivity index (χ1) is 19.0. The lowest BCUT2D eigenvalue weighted by atomic mass is 10.1. The van der Waals surface area contributed by atoms with Gasteiger partial charge in [-0.25, -0.2) is 4.99 Å². The number of amidine groups is 1. The van der Waals surface area contributed by atoms with E-state index in [2.05, 4.69) is 25.6 Å². The molecule has 10 N–H and O–H groups in total. The van der Waals surface area contributed by atoms with Gasteiger partial charge in [0, 0.05) is 38.2 Å². The molecule has 1 aliphatic rings. The molecule has 2 aromatic carbocycles. The van der Waals surface area contributed by atoms with Gasteiger partial charge in [0.05, 0.1) is 11.4 Å². The molecule has 15 heteroatoms. The van der Waals surface area contributed by atoms with Crippen LogP contribution >= 0.6 is 0 Å². The third kappa shape index (κ3) is 6.45. The number of hydrogen-bond acceptors (Lipinski definition) is 10. The highest BCUT2D eigenvalue weighted by Gasteiger charge is 2.31. The number of nitrogens with zero attached hydrogens (tertiary/aromatic N) is 4. The van der Waals surface area contributed by atoms with Gasteiger partial charge >= 0.3 is 12.0 Å². The van der Waals surface area contributed by atoms with E-state index in [4.69, 9.17) is 37.2 Å². The summed E-state index contributed by atoms with van der Waals surface area (Å²) in [7, 11) is 3.59. The highest BCUT2D eigenvalue weighted by atomic mass is 16.5. The average molecular weight is 549 g/mol. The van der Waals surface area contributed by atoms with E-state index < -0.39 is 17.9 Å². The highest BCUT2D eigenvalue weighted by molar-refractivity contribution is 6.04. The van der Waals surface area contributed by atoms with Gasteiger partial charge in [-0.3, -0.25) is 15.0 Å². The maximum absolute atomic E-state index is 12.8. The summed E-state index contributed by atoms with van der Waals surface area (Å²) >= 11 is 0. The number of aromatic nitrogens is 2. The standard InChI is InChI=1S/C25H28N10O5/c1-35(2)17-11-14(6-7-15(17)20(26)27)39-23-19-21(31-16(22(38)32-19)8-9-18(36)37)33-25(34-23)40-13-5-3-4-12(10-13)30-24(28)29/h3-7,10-11,16H,8-9H2,1-2H3,(H3,26,27)(H,32,38)(H,36,37)(H4,28,29,30)(H,31,33,34). The van der Waals surface area contributed by atoms with Crippen LogP contribution in [-0.2, 0) is 9.59 Å². The van der Waals surface area contributed by atoms with Gasteiger partial charge in [-0.1, -0.05) is 6.07 Å². The Bertz CT molecular complexity index is 1500.